The zero-order chi connectivity index (χ0) is 21.2. The monoisotopic (exact) mass is 472 g/mol. The Morgan fingerprint density at radius 3 is 1.93 bits per heavy atom. The molecule has 0 saturated carbocycles. The van der Waals surface area contributed by atoms with Crippen molar-refractivity contribution in [1.82, 2.24) is 0 Å². The molecule has 30 heavy (non-hydrogen) atoms. The van der Waals surface area contributed by atoms with Gasteiger partial charge in [0.05, 0.1) is 0 Å². The van der Waals surface area contributed by atoms with Crippen molar-refractivity contribution < 1.29 is 16.5 Å². The quantitative estimate of drug-likeness (QED) is 0.372. The van der Waals surface area contributed by atoms with E-state index in [9.17, 15) is 0 Å². The van der Waals surface area contributed by atoms with Crippen molar-refractivity contribution in [2.24, 2.45) is 5.41 Å². The van der Waals surface area contributed by atoms with E-state index in [1.807, 2.05) is 0 Å². The zero-order valence-corrected chi connectivity index (χ0v) is 24.2. The van der Waals surface area contributed by atoms with Crippen LogP contribution in [-0.4, -0.2) is 40.0 Å². The predicted octanol–water partition coefficient (Wildman–Crippen LogP) is 2.30. The molecule has 0 amide bonds. The Morgan fingerprint density at radius 1 is 0.667 bits per heavy atom. The molecule has 1 heterocycles. The lowest BCUT2D eigenvalue weighted by Crippen LogP contribution is -2.41. The van der Waals surface area contributed by atoms with Crippen molar-refractivity contribution in [2.45, 2.75) is 46.0 Å². The fourth-order valence-corrected chi connectivity index (χ4v) is 11.7. The molecule has 2 aliphatic rings. The van der Waals surface area contributed by atoms with E-state index in [-0.39, 0.29) is 5.41 Å². The molecule has 3 aromatic rings. The van der Waals surface area contributed by atoms with E-state index in [1.165, 1.54) is 34.4 Å². The molecule has 160 valence electrons. The van der Waals surface area contributed by atoms with E-state index in [0.29, 0.717) is 5.41 Å². The SMILES string of the molecule is CC1(C)CCc2c(ccc3c2ccc2ccccc23)C1(C)C.O1[SiH2]O[SiH2]O[SiH2]O[SiH2]1. The minimum absolute atomic E-state index is 0.223. The standard InChI is InChI=1S/C22H24.H8O4Si4/c1-21(2)14-13-19-18-10-9-15-7-5-6-8-16(15)17(18)11-12-20(19)22(21,3)4;1-5-2-7-4-8-3-6-1/h5-12H,13-14H2,1-4H3;5-8H2. The molecule has 0 unspecified atom stereocenters. The number of benzene rings is 3. The van der Waals surface area contributed by atoms with Crippen LogP contribution in [0.5, 0.6) is 0 Å². The van der Waals surface area contributed by atoms with Crippen LogP contribution in [0.4, 0.5) is 0 Å². The first kappa shape index (κ1) is 22.1. The molecule has 1 aliphatic carbocycles. The smallest absolute Gasteiger partial charge is 0.286 e. The molecule has 0 aromatic heterocycles. The van der Waals surface area contributed by atoms with Crippen LogP contribution in [0.25, 0.3) is 21.5 Å². The Morgan fingerprint density at radius 2 is 1.27 bits per heavy atom. The van der Waals surface area contributed by atoms with Crippen LogP contribution in [0.15, 0.2) is 48.5 Å². The fourth-order valence-electron chi connectivity index (χ4n) is 4.49. The van der Waals surface area contributed by atoms with Gasteiger partial charge in [0.1, 0.15) is 0 Å². The molecule has 0 atom stereocenters. The van der Waals surface area contributed by atoms with Gasteiger partial charge < -0.3 is 16.5 Å². The van der Waals surface area contributed by atoms with E-state index in [0.717, 1.165) is 0 Å². The summed E-state index contributed by atoms with van der Waals surface area (Å²) in [5.41, 5.74) is 3.70. The second-order valence-corrected chi connectivity index (χ2v) is 16.7. The first-order valence-corrected chi connectivity index (χ1v) is 15.3. The van der Waals surface area contributed by atoms with Crippen LogP contribution in [0, 0.1) is 5.41 Å². The Bertz CT molecular complexity index is 1010. The van der Waals surface area contributed by atoms with Crippen molar-refractivity contribution >= 4 is 61.6 Å². The zero-order valence-electron chi connectivity index (χ0n) is 18.5. The van der Waals surface area contributed by atoms with Gasteiger partial charge in [-0.25, -0.2) is 0 Å². The summed E-state index contributed by atoms with van der Waals surface area (Å²) in [4.78, 5) is 0. The topological polar surface area (TPSA) is 36.9 Å². The summed E-state index contributed by atoms with van der Waals surface area (Å²) in [5, 5.41) is 5.59. The first-order chi connectivity index (χ1) is 14.4. The minimum atomic E-state index is -0.653. The van der Waals surface area contributed by atoms with Gasteiger partial charge in [0, 0.05) is 0 Å². The predicted molar refractivity (Wildman–Crippen MR) is 135 cm³/mol. The average Bonchev–Trinajstić information content (AvgIpc) is 2.70. The number of fused-ring (bicyclic) bond motifs is 5. The summed E-state index contributed by atoms with van der Waals surface area (Å²) in [7, 11) is -2.61. The van der Waals surface area contributed by atoms with Crippen LogP contribution >= 0.6 is 0 Å². The number of rotatable bonds is 0. The minimum Gasteiger partial charge on any atom is -0.425 e. The summed E-state index contributed by atoms with van der Waals surface area (Å²) in [6.07, 6.45) is 2.46. The van der Waals surface area contributed by atoms with Crippen LogP contribution in [0.2, 0.25) is 0 Å². The lowest BCUT2D eigenvalue weighted by molar-refractivity contribution is 0.166. The molecular formula is C22H32O4Si4. The Kier molecular flexibility index (Phi) is 6.75. The van der Waals surface area contributed by atoms with Gasteiger partial charge in [0.25, 0.3) is 40.0 Å². The van der Waals surface area contributed by atoms with Crippen molar-refractivity contribution in [2.75, 3.05) is 0 Å². The summed E-state index contributed by atoms with van der Waals surface area (Å²) in [5.74, 6) is 0. The maximum atomic E-state index is 5.10. The highest BCUT2D eigenvalue weighted by Gasteiger charge is 2.42. The summed E-state index contributed by atoms with van der Waals surface area (Å²) < 4.78 is 20.4. The molecular weight excluding hydrogens is 441 g/mol. The van der Waals surface area contributed by atoms with Gasteiger partial charge in [0.2, 0.25) is 0 Å². The van der Waals surface area contributed by atoms with Gasteiger partial charge in [0.15, 0.2) is 0 Å². The van der Waals surface area contributed by atoms with Crippen molar-refractivity contribution in [3.63, 3.8) is 0 Å². The molecule has 3 aromatic carbocycles. The number of hydrogen-bond donors (Lipinski definition) is 0. The maximum Gasteiger partial charge on any atom is 0.286 e. The highest BCUT2D eigenvalue weighted by atomic mass is 28.4. The third-order valence-corrected chi connectivity index (χ3v) is 12.4. The second-order valence-electron chi connectivity index (χ2n) is 9.27. The summed E-state index contributed by atoms with van der Waals surface area (Å²) in [6, 6.07) is 18.1. The second kappa shape index (κ2) is 9.17. The highest BCUT2D eigenvalue weighted by Crippen LogP contribution is 2.51. The van der Waals surface area contributed by atoms with Gasteiger partial charge >= 0.3 is 0 Å². The van der Waals surface area contributed by atoms with E-state index in [2.05, 4.69) is 76.2 Å². The lowest BCUT2D eigenvalue weighted by atomic mass is 9.57. The number of hydrogen-bond acceptors (Lipinski definition) is 4. The Hall–Kier alpha value is -1.11. The normalized spacial score (nSPS) is 23.7. The molecule has 1 aliphatic heterocycles. The van der Waals surface area contributed by atoms with Gasteiger partial charge in [-0.15, -0.1) is 0 Å². The number of aryl methyl sites for hydroxylation is 1. The van der Waals surface area contributed by atoms with E-state index in [1.54, 1.807) is 11.1 Å². The van der Waals surface area contributed by atoms with Crippen LogP contribution < -0.4 is 0 Å². The lowest BCUT2D eigenvalue weighted by Gasteiger charge is -2.47. The molecule has 0 bridgehead atoms. The van der Waals surface area contributed by atoms with Gasteiger partial charge in [-0.1, -0.05) is 76.2 Å². The molecule has 0 N–H and O–H groups in total. The molecule has 0 spiro atoms. The van der Waals surface area contributed by atoms with E-state index < -0.39 is 40.0 Å². The van der Waals surface area contributed by atoms with Gasteiger partial charge in [-0.3, -0.25) is 0 Å². The summed E-state index contributed by atoms with van der Waals surface area (Å²) in [6.45, 7) is 9.66. The molecule has 1 fully saturated rings. The first-order valence-electron chi connectivity index (χ1n) is 10.7. The molecule has 5 rings (SSSR count). The molecule has 1 saturated heterocycles. The molecule has 4 nitrogen and oxygen atoms in total. The van der Waals surface area contributed by atoms with Crippen molar-refractivity contribution in [3.8, 4) is 0 Å². The highest BCUT2D eigenvalue weighted by molar-refractivity contribution is 6.50. The molecule has 8 heteroatoms. The van der Waals surface area contributed by atoms with E-state index >= 15 is 0 Å². The molecule has 0 radical (unpaired) electrons. The van der Waals surface area contributed by atoms with Crippen molar-refractivity contribution in [1.29, 1.82) is 0 Å². The summed E-state index contributed by atoms with van der Waals surface area (Å²) >= 11 is 0. The Balaban J connectivity index is 0.000000230. The van der Waals surface area contributed by atoms with Gasteiger partial charge in [-0.05, 0) is 56.3 Å². The van der Waals surface area contributed by atoms with E-state index in [4.69, 9.17) is 16.5 Å². The fraction of sp³-hybridized carbons (Fsp3) is 0.364. The maximum absolute atomic E-state index is 5.10. The third-order valence-electron chi connectivity index (χ3n) is 7.07. The average molecular weight is 473 g/mol. The van der Waals surface area contributed by atoms with Crippen LogP contribution in [-0.2, 0) is 28.3 Å². The Labute approximate surface area is 188 Å². The largest absolute Gasteiger partial charge is 0.425 e. The van der Waals surface area contributed by atoms with Crippen molar-refractivity contribution in [3.05, 3.63) is 59.7 Å². The van der Waals surface area contributed by atoms with Crippen LogP contribution in [0.3, 0.4) is 0 Å². The third kappa shape index (κ3) is 4.28. The van der Waals surface area contributed by atoms with Gasteiger partial charge in [-0.2, -0.15) is 0 Å². The van der Waals surface area contributed by atoms with Crippen LogP contribution in [0.1, 0.15) is 45.2 Å².